The van der Waals surface area contributed by atoms with Crippen LogP contribution in [0, 0.1) is 5.82 Å². The maximum atomic E-state index is 12.9. The molecule has 0 bridgehead atoms. The van der Waals surface area contributed by atoms with Crippen molar-refractivity contribution in [2.75, 3.05) is 24.5 Å². The van der Waals surface area contributed by atoms with Crippen LogP contribution in [0.15, 0.2) is 83.8 Å². The van der Waals surface area contributed by atoms with E-state index in [1.807, 2.05) is 0 Å². The molecule has 156 valence electrons. The van der Waals surface area contributed by atoms with Crippen LogP contribution in [0.5, 0.6) is 5.75 Å². The van der Waals surface area contributed by atoms with Crippen LogP contribution in [-0.2, 0) is 10.0 Å². The lowest BCUT2D eigenvalue weighted by molar-refractivity contribution is 0.0947. The fourth-order valence-electron chi connectivity index (χ4n) is 2.78. The van der Waals surface area contributed by atoms with Crippen LogP contribution in [0.3, 0.4) is 0 Å². The Morgan fingerprint density at radius 3 is 2.30 bits per heavy atom. The maximum absolute atomic E-state index is 12.9. The minimum atomic E-state index is -3.81. The Bertz CT molecular complexity index is 1100. The summed E-state index contributed by atoms with van der Waals surface area (Å²) in [5.74, 6) is -0.301. The smallest absolute Gasteiger partial charge is 0.264 e. The second-order valence-corrected chi connectivity index (χ2v) is 8.33. The predicted molar refractivity (Wildman–Crippen MR) is 113 cm³/mol. The molecule has 1 N–H and O–H groups in total. The second-order valence-electron chi connectivity index (χ2n) is 6.36. The first-order valence-electron chi connectivity index (χ1n) is 9.19. The Kier molecular flexibility index (Phi) is 6.68. The summed E-state index contributed by atoms with van der Waals surface area (Å²) in [5, 5.41) is 2.71. The molecule has 0 heterocycles. The highest BCUT2D eigenvalue weighted by atomic mass is 32.2. The minimum absolute atomic E-state index is 0.135. The fourth-order valence-corrected chi connectivity index (χ4v) is 4.02. The Balaban J connectivity index is 1.68. The third-order valence-electron chi connectivity index (χ3n) is 4.36. The third kappa shape index (κ3) is 4.96. The molecule has 1 amide bonds. The molecule has 30 heavy (non-hydrogen) atoms. The SMILES string of the molecule is CN(c1ccccc1C(=O)NCCOc1ccc(F)cc1)S(=O)(=O)c1ccccc1. The van der Waals surface area contributed by atoms with E-state index >= 15 is 0 Å². The summed E-state index contributed by atoms with van der Waals surface area (Å²) in [6.45, 7) is 0.372. The standard InChI is InChI=1S/C22H21FN2O4S/c1-25(30(27,28)19-7-3-2-4-8-19)21-10-6-5-9-20(21)22(26)24-15-16-29-18-13-11-17(23)12-14-18/h2-14H,15-16H2,1H3,(H,24,26). The highest BCUT2D eigenvalue weighted by Gasteiger charge is 2.24. The molecule has 0 aromatic heterocycles. The van der Waals surface area contributed by atoms with Gasteiger partial charge in [0.1, 0.15) is 18.2 Å². The summed E-state index contributed by atoms with van der Waals surface area (Å²) < 4.78 is 45.2. The molecule has 0 aliphatic rings. The molecule has 6 nitrogen and oxygen atoms in total. The lowest BCUT2D eigenvalue weighted by atomic mass is 10.1. The number of hydrogen-bond acceptors (Lipinski definition) is 4. The van der Waals surface area contributed by atoms with E-state index in [9.17, 15) is 17.6 Å². The molecule has 0 aliphatic carbocycles. The molecule has 0 saturated carbocycles. The van der Waals surface area contributed by atoms with Crippen LogP contribution in [0.4, 0.5) is 10.1 Å². The van der Waals surface area contributed by atoms with Crippen molar-refractivity contribution >= 4 is 21.6 Å². The van der Waals surface area contributed by atoms with Gasteiger partial charge in [-0.25, -0.2) is 12.8 Å². The predicted octanol–water partition coefficient (Wildman–Crippen LogP) is 3.46. The van der Waals surface area contributed by atoms with Gasteiger partial charge in [-0.3, -0.25) is 9.10 Å². The summed E-state index contributed by atoms with van der Waals surface area (Å²) >= 11 is 0. The van der Waals surface area contributed by atoms with Crippen molar-refractivity contribution in [2.24, 2.45) is 0 Å². The summed E-state index contributed by atoms with van der Waals surface area (Å²) in [5.41, 5.74) is 0.486. The number of hydrogen-bond donors (Lipinski definition) is 1. The lowest BCUT2D eigenvalue weighted by Gasteiger charge is -2.22. The molecule has 0 atom stereocenters. The second kappa shape index (κ2) is 9.41. The zero-order chi connectivity index (χ0) is 21.6. The molecule has 0 aliphatic heterocycles. The number of amides is 1. The van der Waals surface area contributed by atoms with Crippen LogP contribution in [0.25, 0.3) is 0 Å². The van der Waals surface area contributed by atoms with Gasteiger partial charge >= 0.3 is 0 Å². The van der Waals surface area contributed by atoms with Crippen LogP contribution in [-0.4, -0.2) is 34.5 Å². The van der Waals surface area contributed by atoms with Gasteiger partial charge in [0.2, 0.25) is 0 Å². The van der Waals surface area contributed by atoms with Crippen LogP contribution in [0.1, 0.15) is 10.4 Å². The number of rotatable bonds is 8. The molecule has 0 unspecified atom stereocenters. The van der Waals surface area contributed by atoms with Crippen molar-refractivity contribution in [1.29, 1.82) is 0 Å². The van der Waals surface area contributed by atoms with E-state index in [1.54, 1.807) is 42.5 Å². The molecule has 0 spiro atoms. The van der Waals surface area contributed by atoms with Gasteiger partial charge in [-0.05, 0) is 48.5 Å². The molecular formula is C22H21FN2O4S. The third-order valence-corrected chi connectivity index (χ3v) is 6.15. The summed E-state index contributed by atoms with van der Waals surface area (Å²) in [7, 11) is -2.41. The van der Waals surface area contributed by atoms with Crippen molar-refractivity contribution in [3.05, 3.63) is 90.2 Å². The molecule has 3 rings (SSSR count). The molecule has 8 heteroatoms. The van der Waals surface area contributed by atoms with Crippen LogP contribution >= 0.6 is 0 Å². The number of anilines is 1. The van der Waals surface area contributed by atoms with Gasteiger partial charge in [0.15, 0.2) is 0 Å². The van der Waals surface area contributed by atoms with Crippen molar-refractivity contribution < 1.29 is 22.3 Å². The number of nitrogens with one attached hydrogen (secondary N) is 1. The van der Waals surface area contributed by atoms with E-state index in [4.69, 9.17) is 4.74 Å². The number of sulfonamides is 1. The molecule has 3 aromatic carbocycles. The average Bonchev–Trinajstić information content (AvgIpc) is 2.78. The van der Waals surface area contributed by atoms with Crippen LogP contribution in [0.2, 0.25) is 0 Å². The highest BCUT2D eigenvalue weighted by molar-refractivity contribution is 7.92. The maximum Gasteiger partial charge on any atom is 0.264 e. The number of carbonyl (C=O) groups excluding carboxylic acids is 1. The van der Waals surface area contributed by atoms with Gasteiger partial charge in [-0.1, -0.05) is 30.3 Å². The zero-order valence-corrected chi connectivity index (χ0v) is 17.1. The lowest BCUT2D eigenvalue weighted by Crippen LogP contribution is -2.32. The molecule has 3 aromatic rings. The van der Waals surface area contributed by atoms with Gasteiger partial charge in [-0.2, -0.15) is 0 Å². The molecule has 0 saturated heterocycles. The number of nitrogens with zero attached hydrogens (tertiary/aromatic N) is 1. The first-order valence-corrected chi connectivity index (χ1v) is 10.6. The molecule has 0 fully saturated rings. The molecular weight excluding hydrogens is 407 g/mol. The van der Waals surface area contributed by atoms with Crippen molar-refractivity contribution in [3.8, 4) is 5.75 Å². The van der Waals surface area contributed by atoms with Crippen molar-refractivity contribution in [1.82, 2.24) is 5.32 Å². The van der Waals surface area contributed by atoms with Gasteiger partial charge in [0, 0.05) is 7.05 Å². The minimum Gasteiger partial charge on any atom is -0.492 e. The summed E-state index contributed by atoms with van der Waals surface area (Å²) in [4.78, 5) is 12.8. The Labute approximate surface area is 175 Å². The van der Waals surface area contributed by atoms with E-state index in [0.29, 0.717) is 5.75 Å². The van der Waals surface area contributed by atoms with Gasteiger partial charge < -0.3 is 10.1 Å². The Morgan fingerprint density at radius 1 is 0.967 bits per heavy atom. The fraction of sp³-hybridized carbons (Fsp3) is 0.136. The average molecular weight is 428 g/mol. The number of benzene rings is 3. The normalized spacial score (nSPS) is 11.0. The largest absolute Gasteiger partial charge is 0.492 e. The molecule has 0 radical (unpaired) electrons. The van der Waals surface area contributed by atoms with Gasteiger partial charge in [0.05, 0.1) is 22.7 Å². The monoisotopic (exact) mass is 428 g/mol. The van der Waals surface area contributed by atoms with Crippen LogP contribution < -0.4 is 14.4 Å². The topological polar surface area (TPSA) is 75.7 Å². The number of para-hydroxylation sites is 1. The van der Waals surface area contributed by atoms with Crippen molar-refractivity contribution in [3.63, 3.8) is 0 Å². The quantitative estimate of drug-likeness (QED) is 0.558. The Hall–Kier alpha value is -3.39. The van der Waals surface area contributed by atoms with E-state index < -0.39 is 15.9 Å². The number of carbonyl (C=O) groups is 1. The summed E-state index contributed by atoms with van der Waals surface area (Å²) in [6, 6.07) is 20.0. The van der Waals surface area contributed by atoms with E-state index in [-0.39, 0.29) is 35.1 Å². The number of ether oxygens (including phenoxy) is 1. The van der Waals surface area contributed by atoms with Gasteiger partial charge in [0.25, 0.3) is 15.9 Å². The van der Waals surface area contributed by atoms with Crippen molar-refractivity contribution in [2.45, 2.75) is 4.90 Å². The zero-order valence-electron chi connectivity index (χ0n) is 16.3. The summed E-state index contributed by atoms with van der Waals surface area (Å²) in [6.07, 6.45) is 0. The van der Waals surface area contributed by atoms with Gasteiger partial charge in [-0.15, -0.1) is 0 Å². The first-order chi connectivity index (χ1) is 14.4. The highest BCUT2D eigenvalue weighted by Crippen LogP contribution is 2.25. The van der Waals surface area contributed by atoms with E-state index in [2.05, 4.69) is 5.32 Å². The first kappa shape index (κ1) is 21.3. The Morgan fingerprint density at radius 2 is 1.60 bits per heavy atom. The van der Waals surface area contributed by atoms with E-state index in [0.717, 1.165) is 4.31 Å². The number of halogens is 1. The van der Waals surface area contributed by atoms with E-state index in [1.165, 1.54) is 43.4 Å².